The van der Waals surface area contributed by atoms with Crippen LogP contribution in [0.1, 0.15) is 99.6 Å². The number of aromatic nitrogens is 1. The van der Waals surface area contributed by atoms with Crippen molar-refractivity contribution in [1.29, 1.82) is 0 Å². The number of pyridine rings is 1. The first-order chi connectivity index (χ1) is 18.1. The van der Waals surface area contributed by atoms with E-state index in [9.17, 15) is 18.0 Å². The SMILES string of the molecule is CC1(OC(C(=O)Nc2ccc(C(=O)O)cn2)c2ccc(S(=O)(=O)C3CC3)cc2)CCC2(CCCCC2)CC1. The topological polar surface area (TPSA) is 123 Å². The molecular weight excluding hydrogens is 504 g/mol. The Balaban J connectivity index is 1.37. The molecule has 0 radical (unpaired) electrons. The summed E-state index contributed by atoms with van der Waals surface area (Å²) in [5.41, 5.74) is 0.491. The van der Waals surface area contributed by atoms with Crippen molar-refractivity contribution in [2.45, 2.75) is 99.4 Å². The van der Waals surface area contributed by atoms with Crippen molar-refractivity contribution < 1.29 is 27.9 Å². The van der Waals surface area contributed by atoms with Gasteiger partial charge in [0.15, 0.2) is 15.9 Å². The van der Waals surface area contributed by atoms with E-state index >= 15 is 0 Å². The number of ether oxygens (including phenoxy) is 1. The smallest absolute Gasteiger partial charge is 0.337 e. The number of benzene rings is 1. The van der Waals surface area contributed by atoms with Crippen LogP contribution in [0.5, 0.6) is 0 Å². The molecule has 3 aliphatic carbocycles. The summed E-state index contributed by atoms with van der Waals surface area (Å²) in [7, 11) is -3.34. The first-order valence-corrected chi connectivity index (χ1v) is 15.2. The molecule has 3 fully saturated rings. The Morgan fingerprint density at radius 2 is 1.63 bits per heavy atom. The number of nitrogens with zero attached hydrogens (tertiary/aromatic N) is 1. The standard InChI is InChI=1S/C29H36N2O6S/c1-28(15-17-29(18-16-28)13-3-2-4-14-29)37-25(26(32)31-24-12-7-21(19-30-24)27(33)34)20-5-8-22(9-6-20)38(35,36)23-10-11-23/h5-9,12,19,23,25H,2-4,10-11,13-18H2,1H3,(H,33,34)(H,30,31,32). The molecule has 1 amide bonds. The minimum Gasteiger partial charge on any atom is -0.478 e. The van der Waals surface area contributed by atoms with Gasteiger partial charge in [-0.25, -0.2) is 18.2 Å². The van der Waals surface area contributed by atoms with Crippen molar-refractivity contribution in [3.63, 3.8) is 0 Å². The number of amides is 1. The van der Waals surface area contributed by atoms with Gasteiger partial charge in [-0.15, -0.1) is 0 Å². The first kappa shape index (κ1) is 26.8. The van der Waals surface area contributed by atoms with Crippen LogP contribution in [0, 0.1) is 5.41 Å². The molecule has 5 rings (SSSR count). The predicted octanol–water partition coefficient (Wildman–Crippen LogP) is 5.70. The summed E-state index contributed by atoms with van der Waals surface area (Å²) in [4.78, 5) is 29.0. The van der Waals surface area contributed by atoms with E-state index in [1.807, 2.05) is 0 Å². The number of sulfone groups is 1. The van der Waals surface area contributed by atoms with E-state index in [0.717, 1.165) is 25.7 Å². The summed E-state index contributed by atoms with van der Waals surface area (Å²) < 4.78 is 32.0. The third kappa shape index (κ3) is 5.78. The number of rotatable bonds is 8. The molecule has 1 spiro atoms. The molecule has 204 valence electrons. The number of hydrogen-bond donors (Lipinski definition) is 2. The maximum Gasteiger partial charge on any atom is 0.337 e. The second-order valence-electron chi connectivity index (χ2n) is 11.5. The highest BCUT2D eigenvalue weighted by Crippen LogP contribution is 2.51. The summed E-state index contributed by atoms with van der Waals surface area (Å²) in [5, 5.41) is 11.6. The van der Waals surface area contributed by atoms with Gasteiger partial charge >= 0.3 is 5.97 Å². The monoisotopic (exact) mass is 540 g/mol. The Hall–Kier alpha value is -2.78. The van der Waals surface area contributed by atoms with E-state index in [2.05, 4.69) is 17.2 Å². The fourth-order valence-electron chi connectivity index (χ4n) is 5.98. The third-order valence-electron chi connectivity index (χ3n) is 8.66. The van der Waals surface area contributed by atoms with Crippen LogP contribution in [0.15, 0.2) is 47.5 Å². The zero-order chi connectivity index (χ0) is 27.0. The van der Waals surface area contributed by atoms with Gasteiger partial charge in [-0.1, -0.05) is 31.4 Å². The molecule has 1 atom stereocenters. The summed E-state index contributed by atoms with van der Waals surface area (Å²) in [6.45, 7) is 2.06. The highest BCUT2D eigenvalue weighted by Gasteiger charge is 2.43. The average molecular weight is 541 g/mol. The number of hydrogen-bond acceptors (Lipinski definition) is 6. The summed E-state index contributed by atoms with van der Waals surface area (Å²) in [5.74, 6) is -1.31. The van der Waals surface area contributed by atoms with Gasteiger partial charge in [-0.2, -0.15) is 0 Å². The molecule has 3 aliphatic rings. The van der Waals surface area contributed by atoms with Gasteiger partial charge in [0.25, 0.3) is 5.91 Å². The first-order valence-electron chi connectivity index (χ1n) is 13.6. The van der Waals surface area contributed by atoms with Crippen molar-refractivity contribution in [1.82, 2.24) is 4.98 Å². The van der Waals surface area contributed by atoms with Gasteiger partial charge in [0.1, 0.15) is 5.82 Å². The van der Waals surface area contributed by atoms with Crippen LogP contribution < -0.4 is 5.32 Å². The number of aromatic carboxylic acids is 1. The highest BCUT2D eigenvalue weighted by atomic mass is 32.2. The van der Waals surface area contributed by atoms with Crippen molar-refractivity contribution >= 4 is 27.5 Å². The van der Waals surface area contributed by atoms with E-state index in [0.29, 0.717) is 23.8 Å². The van der Waals surface area contributed by atoms with Crippen LogP contribution in [0.3, 0.4) is 0 Å². The molecule has 2 aromatic rings. The lowest BCUT2D eigenvalue weighted by molar-refractivity contribution is -0.152. The van der Waals surface area contributed by atoms with Crippen LogP contribution in [-0.2, 0) is 19.4 Å². The Bertz CT molecular complexity index is 1270. The number of anilines is 1. The Kier molecular flexibility index (Phi) is 7.35. The number of nitrogens with one attached hydrogen (secondary N) is 1. The Morgan fingerprint density at radius 3 is 2.18 bits per heavy atom. The van der Waals surface area contributed by atoms with Gasteiger partial charge in [0.2, 0.25) is 0 Å². The van der Waals surface area contributed by atoms with E-state index in [1.54, 1.807) is 24.3 Å². The molecule has 3 saturated carbocycles. The molecule has 2 N–H and O–H groups in total. The van der Waals surface area contributed by atoms with Crippen LogP contribution in [0.2, 0.25) is 0 Å². The molecular formula is C29H36N2O6S. The van der Waals surface area contributed by atoms with Crippen molar-refractivity contribution in [3.8, 4) is 0 Å². The highest BCUT2D eigenvalue weighted by molar-refractivity contribution is 7.92. The van der Waals surface area contributed by atoms with E-state index < -0.39 is 33.4 Å². The van der Waals surface area contributed by atoms with E-state index in [1.165, 1.54) is 50.4 Å². The van der Waals surface area contributed by atoms with Crippen LogP contribution in [0.25, 0.3) is 0 Å². The molecule has 38 heavy (non-hydrogen) atoms. The Labute approximate surface area is 224 Å². The number of carboxylic acids is 1. The largest absolute Gasteiger partial charge is 0.478 e. The molecule has 8 nitrogen and oxygen atoms in total. The molecule has 1 unspecified atom stereocenters. The number of carbonyl (C=O) groups is 2. The molecule has 0 aliphatic heterocycles. The fourth-order valence-corrected chi connectivity index (χ4v) is 7.63. The lowest BCUT2D eigenvalue weighted by Crippen LogP contribution is -2.42. The normalized spacial score (nSPS) is 21.5. The molecule has 0 saturated heterocycles. The quantitative estimate of drug-likeness (QED) is 0.441. The molecule has 1 aromatic heterocycles. The van der Waals surface area contributed by atoms with Gasteiger partial charge in [0, 0.05) is 6.20 Å². The maximum absolute atomic E-state index is 13.5. The molecule has 9 heteroatoms. The lowest BCUT2D eigenvalue weighted by Gasteiger charge is -2.47. The molecule has 1 heterocycles. The van der Waals surface area contributed by atoms with Crippen molar-refractivity contribution in [2.75, 3.05) is 5.32 Å². The third-order valence-corrected chi connectivity index (χ3v) is 10.9. The minimum atomic E-state index is -3.34. The number of carboxylic acid groups (broad SMARTS) is 1. The number of carbonyl (C=O) groups excluding carboxylic acids is 1. The van der Waals surface area contributed by atoms with Crippen molar-refractivity contribution in [2.24, 2.45) is 5.41 Å². The van der Waals surface area contributed by atoms with Gasteiger partial charge in [0.05, 0.1) is 21.3 Å². The fraction of sp³-hybridized carbons (Fsp3) is 0.552. The van der Waals surface area contributed by atoms with Gasteiger partial charge < -0.3 is 15.2 Å². The maximum atomic E-state index is 13.5. The average Bonchev–Trinajstić information content (AvgIpc) is 3.77. The Morgan fingerprint density at radius 1 is 0.974 bits per heavy atom. The zero-order valence-corrected chi connectivity index (χ0v) is 22.6. The second-order valence-corrected chi connectivity index (χ2v) is 13.8. The van der Waals surface area contributed by atoms with Gasteiger partial charge in [-0.05, 0) is 93.5 Å². The van der Waals surface area contributed by atoms with Crippen LogP contribution in [-0.4, -0.2) is 41.2 Å². The van der Waals surface area contributed by atoms with E-state index in [4.69, 9.17) is 9.84 Å². The molecule has 1 aromatic carbocycles. The van der Waals surface area contributed by atoms with Crippen molar-refractivity contribution in [3.05, 3.63) is 53.7 Å². The van der Waals surface area contributed by atoms with Crippen LogP contribution >= 0.6 is 0 Å². The molecule has 0 bridgehead atoms. The van der Waals surface area contributed by atoms with Crippen LogP contribution in [0.4, 0.5) is 5.82 Å². The second kappa shape index (κ2) is 10.4. The summed E-state index contributed by atoms with van der Waals surface area (Å²) in [6, 6.07) is 9.27. The van der Waals surface area contributed by atoms with E-state index in [-0.39, 0.29) is 21.5 Å². The minimum absolute atomic E-state index is 0.0228. The summed E-state index contributed by atoms with van der Waals surface area (Å²) >= 11 is 0. The summed E-state index contributed by atoms with van der Waals surface area (Å²) in [6.07, 6.45) is 11.9. The predicted molar refractivity (Wildman–Crippen MR) is 143 cm³/mol. The zero-order valence-electron chi connectivity index (χ0n) is 21.8. The van der Waals surface area contributed by atoms with Gasteiger partial charge in [-0.3, -0.25) is 4.79 Å². The lowest BCUT2D eigenvalue weighted by atomic mass is 9.62.